The van der Waals surface area contributed by atoms with E-state index in [0.717, 1.165) is 19.9 Å². The van der Waals surface area contributed by atoms with Crippen LogP contribution in [0.5, 0.6) is 11.5 Å². The first-order valence-corrected chi connectivity index (χ1v) is 13.3. The molecule has 1 atom stereocenters. The van der Waals surface area contributed by atoms with Crippen LogP contribution in [0, 0.1) is 6.92 Å². The van der Waals surface area contributed by atoms with Gasteiger partial charge in [-0.25, -0.2) is 8.42 Å². The van der Waals surface area contributed by atoms with Crippen molar-refractivity contribution in [1.29, 1.82) is 0 Å². The number of anilines is 1. The van der Waals surface area contributed by atoms with Gasteiger partial charge in [-0.1, -0.05) is 34.1 Å². The third kappa shape index (κ3) is 6.55. The molecule has 0 saturated carbocycles. The Morgan fingerprint density at radius 1 is 1.06 bits per heavy atom. The van der Waals surface area contributed by atoms with E-state index >= 15 is 0 Å². The molecule has 0 saturated heterocycles. The Morgan fingerprint density at radius 3 is 2.31 bits per heavy atom. The van der Waals surface area contributed by atoms with Gasteiger partial charge in [-0.2, -0.15) is 0 Å². The number of ether oxygens (including phenoxy) is 2. The van der Waals surface area contributed by atoms with E-state index in [2.05, 4.69) is 21.2 Å². The van der Waals surface area contributed by atoms with Crippen molar-refractivity contribution in [2.24, 2.45) is 0 Å². The lowest BCUT2D eigenvalue weighted by molar-refractivity contribution is -0.120. The molecule has 0 fully saturated rings. The number of hydrogen-bond donors (Lipinski definition) is 1. The van der Waals surface area contributed by atoms with Crippen LogP contribution in [0.25, 0.3) is 0 Å². The monoisotopic (exact) mass is 560 g/mol. The number of carbonyl (C=O) groups is 1. The van der Waals surface area contributed by atoms with E-state index in [1.165, 1.54) is 13.2 Å². The second kappa shape index (κ2) is 11.6. The summed E-state index contributed by atoms with van der Waals surface area (Å²) in [6, 6.07) is 18.8. The molecule has 3 rings (SSSR count). The summed E-state index contributed by atoms with van der Waals surface area (Å²) in [6.45, 7) is 5.59. The largest absolute Gasteiger partial charge is 0.495 e. The molecular formula is C26H29BrN2O5S. The minimum absolute atomic E-state index is 0.0114. The molecule has 0 heterocycles. The van der Waals surface area contributed by atoms with Crippen LogP contribution < -0.4 is 19.1 Å². The summed E-state index contributed by atoms with van der Waals surface area (Å²) in [7, 11) is -2.73. The fourth-order valence-corrected chi connectivity index (χ4v) is 5.48. The number of rotatable bonds is 10. The number of methoxy groups -OCH3 is 1. The van der Waals surface area contributed by atoms with Crippen LogP contribution in [0.2, 0.25) is 0 Å². The van der Waals surface area contributed by atoms with Gasteiger partial charge in [0, 0.05) is 4.47 Å². The molecule has 0 bridgehead atoms. The first kappa shape index (κ1) is 26.6. The van der Waals surface area contributed by atoms with Gasteiger partial charge in [0.25, 0.3) is 10.0 Å². The highest BCUT2D eigenvalue weighted by molar-refractivity contribution is 9.10. The van der Waals surface area contributed by atoms with Crippen molar-refractivity contribution in [1.82, 2.24) is 5.32 Å². The predicted octanol–water partition coefficient (Wildman–Crippen LogP) is 5.24. The number of carbonyl (C=O) groups excluding carboxylic acids is 1. The van der Waals surface area contributed by atoms with Gasteiger partial charge < -0.3 is 14.8 Å². The summed E-state index contributed by atoms with van der Waals surface area (Å²) in [5.41, 5.74) is 1.99. The number of aryl methyl sites for hydroxylation is 1. The van der Waals surface area contributed by atoms with Crippen LogP contribution in [0.15, 0.2) is 76.1 Å². The maximum Gasteiger partial charge on any atom is 0.268 e. The minimum atomic E-state index is -4.15. The van der Waals surface area contributed by atoms with Crippen molar-refractivity contribution in [3.8, 4) is 11.5 Å². The number of hydrogen-bond acceptors (Lipinski definition) is 5. The van der Waals surface area contributed by atoms with Gasteiger partial charge in [-0.15, -0.1) is 0 Å². The van der Waals surface area contributed by atoms with Crippen LogP contribution in [-0.2, 0) is 14.8 Å². The molecule has 7 nitrogen and oxygen atoms in total. The van der Waals surface area contributed by atoms with Crippen LogP contribution in [0.1, 0.15) is 31.0 Å². The molecule has 35 heavy (non-hydrogen) atoms. The molecule has 1 N–H and O–H groups in total. The molecular weight excluding hydrogens is 532 g/mol. The second-order valence-corrected chi connectivity index (χ2v) is 10.7. The molecule has 0 aliphatic rings. The Balaban J connectivity index is 1.96. The van der Waals surface area contributed by atoms with E-state index < -0.39 is 22.5 Å². The first-order valence-electron chi connectivity index (χ1n) is 11.1. The zero-order valence-corrected chi connectivity index (χ0v) is 22.5. The number of sulfonamides is 1. The van der Waals surface area contributed by atoms with Gasteiger partial charge in [0.1, 0.15) is 22.9 Å². The molecule has 3 aromatic carbocycles. The average molecular weight is 561 g/mol. The van der Waals surface area contributed by atoms with Crippen LogP contribution >= 0.6 is 15.9 Å². The molecule has 0 spiro atoms. The average Bonchev–Trinajstić information content (AvgIpc) is 2.83. The third-order valence-corrected chi connectivity index (χ3v) is 7.68. The fourth-order valence-electron chi connectivity index (χ4n) is 3.55. The highest BCUT2D eigenvalue weighted by atomic mass is 79.9. The molecule has 0 aromatic heterocycles. The predicted molar refractivity (Wildman–Crippen MR) is 141 cm³/mol. The van der Waals surface area contributed by atoms with Crippen molar-refractivity contribution in [3.05, 3.63) is 82.3 Å². The van der Waals surface area contributed by atoms with Crippen LogP contribution in [0.4, 0.5) is 5.69 Å². The lowest BCUT2D eigenvalue weighted by Crippen LogP contribution is -2.41. The molecule has 0 aliphatic carbocycles. The second-order valence-electron chi connectivity index (χ2n) is 7.93. The zero-order valence-electron chi connectivity index (χ0n) is 20.1. The SMILES string of the molecule is CCOc1ccc(N(CC(=O)N[C@@H](C)c2ccc(Br)cc2)S(=O)(=O)c2cc(C)ccc2OC)cc1. The lowest BCUT2D eigenvalue weighted by atomic mass is 10.1. The maximum absolute atomic E-state index is 13.8. The van der Waals surface area contributed by atoms with E-state index in [1.54, 1.807) is 43.3 Å². The van der Waals surface area contributed by atoms with Gasteiger partial charge >= 0.3 is 0 Å². The molecule has 0 aliphatic heterocycles. The topological polar surface area (TPSA) is 84.9 Å². The summed E-state index contributed by atoms with van der Waals surface area (Å²) in [5.74, 6) is 0.370. The lowest BCUT2D eigenvalue weighted by Gasteiger charge is -2.26. The highest BCUT2D eigenvalue weighted by Gasteiger charge is 2.30. The molecule has 3 aromatic rings. The smallest absolute Gasteiger partial charge is 0.268 e. The summed E-state index contributed by atoms with van der Waals surface area (Å²) in [6.07, 6.45) is 0. The van der Waals surface area contributed by atoms with Gasteiger partial charge in [0.2, 0.25) is 5.91 Å². The van der Waals surface area contributed by atoms with E-state index in [0.29, 0.717) is 18.0 Å². The number of amides is 1. The first-order chi connectivity index (χ1) is 16.6. The van der Waals surface area contributed by atoms with Crippen molar-refractivity contribution in [2.45, 2.75) is 31.7 Å². The van der Waals surface area contributed by atoms with Gasteiger partial charge in [-0.05, 0) is 80.4 Å². The number of halogens is 1. The minimum Gasteiger partial charge on any atom is -0.495 e. The zero-order chi connectivity index (χ0) is 25.6. The van der Waals surface area contributed by atoms with Crippen molar-refractivity contribution >= 4 is 37.5 Å². The van der Waals surface area contributed by atoms with Gasteiger partial charge in [-0.3, -0.25) is 9.10 Å². The van der Waals surface area contributed by atoms with Gasteiger partial charge in [0.05, 0.1) is 25.4 Å². The highest BCUT2D eigenvalue weighted by Crippen LogP contribution is 2.31. The molecule has 186 valence electrons. The fraction of sp³-hybridized carbons (Fsp3) is 0.269. The van der Waals surface area contributed by atoms with E-state index in [1.807, 2.05) is 38.1 Å². The Bertz CT molecular complexity index is 1260. The summed E-state index contributed by atoms with van der Waals surface area (Å²) < 4.78 is 40.5. The van der Waals surface area contributed by atoms with Gasteiger partial charge in [0.15, 0.2) is 0 Å². The van der Waals surface area contributed by atoms with Crippen LogP contribution in [-0.4, -0.2) is 34.6 Å². The summed E-state index contributed by atoms with van der Waals surface area (Å²) >= 11 is 3.40. The Morgan fingerprint density at radius 2 is 1.71 bits per heavy atom. The van der Waals surface area contributed by atoms with Crippen molar-refractivity contribution < 1.29 is 22.7 Å². The number of nitrogens with zero attached hydrogens (tertiary/aromatic N) is 1. The summed E-state index contributed by atoms with van der Waals surface area (Å²) in [4.78, 5) is 13.1. The van der Waals surface area contributed by atoms with E-state index in [4.69, 9.17) is 9.47 Å². The Labute approximate surface area is 215 Å². The van der Waals surface area contributed by atoms with E-state index in [9.17, 15) is 13.2 Å². The third-order valence-electron chi connectivity index (χ3n) is 5.36. The summed E-state index contributed by atoms with van der Waals surface area (Å²) in [5, 5.41) is 2.89. The molecule has 0 unspecified atom stereocenters. The van der Waals surface area contributed by atoms with E-state index in [-0.39, 0.29) is 16.7 Å². The normalized spacial score (nSPS) is 12.0. The molecule has 9 heteroatoms. The van der Waals surface area contributed by atoms with Crippen LogP contribution in [0.3, 0.4) is 0 Å². The Kier molecular flexibility index (Phi) is 8.80. The number of benzene rings is 3. The van der Waals surface area contributed by atoms with Crippen molar-refractivity contribution in [2.75, 3.05) is 24.6 Å². The quantitative estimate of drug-likeness (QED) is 0.366. The van der Waals surface area contributed by atoms with Crippen molar-refractivity contribution in [3.63, 3.8) is 0 Å². The number of nitrogens with one attached hydrogen (secondary N) is 1. The molecule has 0 radical (unpaired) electrons. The molecule has 1 amide bonds. The Hall–Kier alpha value is -3.04. The standard InChI is InChI=1S/C26H29BrN2O5S/c1-5-34-23-13-11-22(12-14-23)29(35(31,32)25-16-18(2)6-15-24(25)33-4)17-26(30)28-19(3)20-7-9-21(27)10-8-20/h6-16,19H,5,17H2,1-4H3,(H,28,30)/t19-/m0/s1. The maximum atomic E-state index is 13.8.